The number of halogens is 1. The van der Waals surface area contributed by atoms with E-state index in [-0.39, 0.29) is 5.82 Å². The fourth-order valence-corrected chi connectivity index (χ4v) is 3.93. The normalized spacial score (nSPS) is 10.3. The number of nitrogens with two attached hydrogens (primary N) is 1. The van der Waals surface area contributed by atoms with E-state index in [1.807, 2.05) is 35.7 Å². The highest BCUT2D eigenvalue weighted by molar-refractivity contribution is 9.10. The zero-order valence-corrected chi connectivity index (χ0v) is 15.9. The number of pyridine rings is 1. The molecule has 0 aliphatic rings. The molecule has 25 heavy (non-hydrogen) atoms. The molecule has 1 aromatic carbocycles. The number of thiophene rings is 1. The second-order valence-corrected chi connectivity index (χ2v) is 6.95. The largest absolute Gasteiger partial charge is 0.497 e. The lowest BCUT2D eigenvalue weighted by molar-refractivity contribution is 0.404. The van der Waals surface area contributed by atoms with Gasteiger partial charge in [0, 0.05) is 25.9 Å². The molecule has 2 N–H and O–H groups in total. The Morgan fingerprint density at radius 3 is 2.56 bits per heavy atom. The zero-order chi connectivity index (χ0) is 18.0. The molecule has 0 saturated carbocycles. The van der Waals surface area contributed by atoms with Gasteiger partial charge in [-0.2, -0.15) is 5.26 Å². The van der Waals surface area contributed by atoms with Gasteiger partial charge in [-0.25, -0.2) is 4.98 Å². The molecular weight excluding hydrogens is 402 g/mol. The SMILES string of the molecule is COc1ccc(OC)c(-c2cc(-c3cc(Br)cs3)c(C#N)c(N)n2)c1. The first-order valence-corrected chi connectivity index (χ1v) is 8.92. The Bertz CT molecular complexity index is 979. The summed E-state index contributed by atoms with van der Waals surface area (Å²) in [7, 11) is 3.19. The molecule has 0 radical (unpaired) electrons. The Balaban J connectivity index is 2.26. The van der Waals surface area contributed by atoms with Crippen LogP contribution in [0.25, 0.3) is 21.7 Å². The van der Waals surface area contributed by atoms with Gasteiger partial charge in [-0.3, -0.25) is 0 Å². The Morgan fingerprint density at radius 1 is 1.16 bits per heavy atom. The number of nitriles is 1. The average Bonchev–Trinajstić information content (AvgIpc) is 3.06. The van der Waals surface area contributed by atoms with Gasteiger partial charge in [-0.1, -0.05) is 0 Å². The highest BCUT2D eigenvalue weighted by atomic mass is 79.9. The van der Waals surface area contributed by atoms with Gasteiger partial charge in [0.2, 0.25) is 0 Å². The van der Waals surface area contributed by atoms with E-state index in [0.29, 0.717) is 22.8 Å². The molecule has 3 rings (SSSR count). The number of ether oxygens (including phenoxy) is 2. The third kappa shape index (κ3) is 3.31. The first-order chi connectivity index (χ1) is 12.1. The van der Waals surface area contributed by atoms with Crippen LogP contribution in [0.15, 0.2) is 40.2 Å². The monoisotopic (exact) mass is 415 g/mol. The van der Waals surface area contributed by atoms with Crippen LogP contribution in [0.1, 0.15) is 5.56 Å². The van der Waals surface area contributed by atoms with Gasteiger partial charge >= 0.3 is 0 Å². The Hall–Kier alpha value is -2.56. The predicted molar refractivity (Wildman–Crippen MR) is 103 cm³/mol. The molecule has 2 aromatic heterocycles. The van der Waals surface area contributed by atoms with E-state index in [1.165, 1.54) is 11.3 Å². The third-order valence-electron chi connectivity index (χ3n) is 3.67. The summed E-state index contributed by atoms with van der Waals surface area (Å²) < 4.78 is 11.7. The Labute approximate surface area is 157 Å². The molecule has 5 nitrogen and oxygen atoms in total. The average molecular weight is 416 g/mol. The van der Waals surface area contributed by atoms with Gasteiger partial charge in [0.05, 0.1) is 19.9 Å². The van der Waals surface area contributed by atoms with Crippen molar-refractivity contribution in [2.45, 2.75) is 0 Å². The third-order valence-corrected chi connectivity index (χ3v) is 5.40. The van der Waals surface area contributed by atoms with Crippen molar-refractivity contribution in [1.29, 1.82) is 5.26 Å². The molecule has 0 aliphatic carbocycles. The molecular formula is C18H14BrN3O2S. The summed E-state index contributed by atoms with van der Waals surface area (Å²) in [4.78, 5) is 5.33. The van der Waals surface area contributed by atoms with Crippen LogP contribution in [0.4, 0.5) is 5.82 Å². The van der Waals surface area contributed by atoms with E-state index in [0.717, 1.165) is 20.5 Å². The van der Waals surface area contributed by atoms with Gasteiger partial charge in [-0.15, -0.1) is 11.3 Å². The molecule has 7 heteroatoms. The molecule has 2 heterocycles. The first-order valence-electron chi connectivity index (χ1n) is 7.24. The highest BCUT2D eigenvalue weighted by Gasteiger charge is 2.17. The summed E-state index contributed by atoms with van der Waals surface area (Å²) in [6.07, 6.45) is 0. The smallest absolute Gasteiger partial charge is 0.142 e. The number of hydrogen-bond acceptors (Lipinski definition) is 6. The minimum absolute atomic E-state index is 0.185. The number of nitrogen functional groups attached to an aromatic ring is 1. The van der Waals surface area contributed by atoms with Gasteiger partial charge < -0.3 is 15.2 Å². The fraction of sp³-hybridized carbons (Fsp3) is 0.111. The number of rotatable bonds is 4. The number of benzene rings is 1. The van der Waals surface area contributed by atoms with E-state index in [4.69, 9.17) is 15.2 Å². The van der Waals surface area contributed by atoms with Crippen molar-refractivity contribution in [2.24, 2.45) is 0 Å². The van der Waals surface area contributed by atoms with Crippen LogP contribution in [-0.2, 0) is 0 Å². The van der Waals surface area contributed by atoms with Crippen molar-refractivity contribution in [3.05, 3.63) is 45.7 Å². The van der Waals surface area contributed by atoms with Crippen molar-refractivity contribution in [1.82, 2.24) is 4.98 Å². The number of aromatic nitrogens is 1. The molecule has 126 valence electrons. The lowest BCUT2D eigenvalue weighted by Crippen LogP contribution is -2.00. The van der Waals surface area contributed by atoms with E-state index >= 15 is 0 Å². The molecule has 0 amide bonds. The van der Waals surface area contributed by atoms with Crippen molar-refractivity contribution < 1.29 is 9.47 Å². The molecule has 0 fully saturated rings. The summed E-state index contributed by atoms with van der Waals surface area (Å²) in [5.41, 5.74) is 8.53. The second kappa shape index (κ2) is 7.13. The number of nitrogens with zero attached hydrogens (tertiary/aromatic N) is 2. The summed E-state index contributed by atoms with van der Waals surface area (Å²) >= 11 is 4.97. The quantitative estimate of drug-likeness (QED) is 0.666. The van der Waals surface area contributed by atoms with Gasteiger partial charge in [0.1, 0.15) is 28.9 Å². The molecule has 0 aliphatic heterocycles. The van der Waals surface area contributed by atoms with Crippen LogP contribution in [0.3, 0.4) is 0 Å². The zero-order valence-electron chi connectivity index (χ0n) is 13.5. The van der Waals surface area contributed by atoms with Crippen LogP contribution in [-0.4, -0.2) is 19.2 Å². The maximum atomic E-state index is 9.49. The maximum Gasteiger partial charge on any atom is 0.142 e. The van der Waals surface area contributed by atoms with Gasteiger partial charge in [-0.05, 0) is 46.3 Å². The standard InChI is InChI=1S/C18H14BrN3O2S/c1-23-11-3-4-16(24-2)13(6-11)15-7-12(14(8-20)18(21)22-15)17-5-10(19)9-25-17/h3-7,9H,1-2H3,(H2,21,22). The fourth-order valence-electron chi connectivity index (χ4n) is 2.48. The number of hydrogen-bond donors (Lipinski definition) is 1. The molecule has 0 bridgehead atoms. The number of anilines is 1. The van der Waals surface area contributed by atoms with Crippen molar-refractivity contribution in [3.63, 3.8) is 0 Å². The minimum atomic E-state index is 0.185. The highest BCUT2D eigenvalue weighted by Crippen LogP contribution is 2.39. The Morgan fingerprint density at radius 2 is 1.96 bits per heavy atom. The minimum Gasteiger partial charge on any atom is -0.497 e. The van der Waals surface area contributed by atoms with Crippen LogP contribution in [0.5, 0.6) is 11.5 Å². The second-order valence-electron chi connectivity index (χ2n) is 5.12. The topological polar surface area (TPSA) is 81.2 Å². The van der Waals surface area contributed by atoms with E-state index in [1.54, 1.807) is 14.2 Å². The molecule has 0 spiro atoms. The van der Waals surface area contributed by atoms with Crippen LogP contribution < -0.4 is 15.2 Å². The summed E-state index contributed by atoms with van der Waals surface area (Å²) in [6.45, 7) is 0. The summed E-state index contributed by atoms with van der Waals surface area (Å²) in [6, 6.07) is 11.4. The Kier molecular flexibility index (Phi) is 4.93. The lowest BCUT2D eigenvalue weighted by atomic mass is 10.0. The first kappa shape index (κ1) is 17.3. The van der Waals surface area contributed by atoms with E-state index < -0.39 is 0 Å². The van der Waals surface area contributed by atoms with Crippen LogP contribution in [0.2, 0.25) is 0 Å². The van der Waals surface area contributed by atoms with Gasteiger partial charge in [0.25, 0.3) is 0 Å². The van der Waals surface area contributed by atoms with Crippen LogP contribution >= 0.6 is 27.3 Å². The molecule has 0 saturated heterocycles. The predicted octanol–water partition coefficient (Wildman–Crippen LogP) is 4.71. The van der Waals surface area contributed by atoms with Gasteiger partial charge in [0.15, 0.2) is 0 Å². The van der Waals surface area contributed by atoms with Crippen molar-refractivity contribution >= 4 is 33.1 Å². The van der Waals surface area contributed by atoms with E-state index in [9.17, 15) is 5.26 Å². The van der Waals surface area contributed by atoms with E-state index in [2.05, 4.69) is 27.0 Å². The molecule has 0 atom stereocenters. The van der Waals surface area contributed by atoms with Crippen LogP contribution in [0, 0.1) is 11.3 Å². The molecule has 3 aromatic rings. The maximum absolute atomic E-state index is 9.49. The lowest BCUT2D eigenvalue weighted by Gasteiger charge is -2.13. The molecule has 0 unspecified atom stereocenters. The number of methoxy groups -OCH3 is 2. The van der Waals surface area contributed by atoms with Crippen molar-refractivity contribution in [3.8, 4) is 39.3 Å². The summed E-state index contributed by atoms with van der Waals surface area (Å²) in [5.74, 6) is 1.51. The van der Waals surface area contributed by atoms with Crippen molar-refractivity contribution in [2.75, 3.05) is 20.0 Å². The summed E-state index contributed by atoms with van der Waals surface area (Å²) in [5, 5.41) is 11.4.